The third-order valence-corrected chi connectivity index (χ3v) is 5.07. The topological polar surface area (TPSA) is 49.9 Å². The Kier molecular flexibility index (Phi) is 6.01. The lowest BCUT2D eigenvalue weighted by Crippen LogP contribution is -2.49. The predicted octanol–water partition coefficient (Wildman–Crippen LogP) is 3.44. The Morgan fingerprint density at radius 2 is 1.81 bits per heavy atom. The van der Waals surface area contributed by atoms with Crippen LogP contribution < -0.4 is 9.64 Å². The van der Waals surface area contributed by atoms with Crippen molar-refractivity contribution in [1.82, 2.24) is 4.90 Å². The average molecular weight is 387 g/mol. The fraction of sp³-hybridized carbons (Fsp3) is 0.333. The highest BCUT2D eigenvalue weighted by atomic mass is 35.5. The molecule has 2 aromatic carbocycles. The van der Waals surface area contributed by atoms with E-state index < -0.39 is 0 Å². The number of benzene rings is 2. The van der Waals surface area contributed by atoms with Gasteiger partial charge in [0.25, 0.3) is 0 Å². The van der Waals surface area contributed by atoms with E-state index in [0.717, 1.165) is 24.3 Å². The van der Waals surface area contributed by atoms with Gasteiger partial charge in [-0.2, -0.15) is 0 Å². The van der Waals surface area contributed by atoms with Gasteiger partial charge >= 0.3 is 0 Å². The third kappa shape index (κ3) is 4.61. The Morgan fingerprint density at radius 1 is 1.07 bits per heavy atom. The van der Waals surface area contributed by atoms with Crippen molar-refractivity contribution in [2.75, 3.05) is 38.2 Å². The fourth-order valence-electron chi connectivity index (χ4n) is 3.30. The minimum absolute atomic E-state index is 0.0264. The molecule has 3 rings (SSSR count). The molecule has 0 radical (unpaired) electrons. The summed E-state index contributed by atoms with van der Waals surface area (Å²) in [6.07, 6.45) is 0.224. The number of amides is 1. The number of anilines is 1. The molecule has 0 N–H and O–H groups in total. The third-order valence-electron chi connectivity index (χ3n) is 4.83. The van der Waals surface area contributed by atoms with Crippen LogP contribution in [0.4, 0.5) is 5.69 Å². The number of methoxy groups -OCH3 is 1. The summed E-state index contributed by atoms with van der Waals surface area (Å²) in [4.78, 5) is 28.5. The molecule has 142 valence electrons. The maximum atomic E-state index is 12.8. The smallest absolute Gasteiger partial charge is 0.227 e. The SMILES string of the molecule is COc1ccc(C(C)=O)cc1CC(=O)N1CCN(c2cccc(Cl)c2)CC1. The summed E-state index contributed by atoms with van der Waals surface area (Å²) >= 11 is 6.07. The van der Waals surface area contributed by atoms with Gasteiger partial charge in [0.05, 0.1) is 13.5 Å². The summed E-state index contributed by atoms with van der Waals surface area (Å²) in [6.45, 7) is 4.34. The molecule has 0 atom stereocenters. The van der Waals surface area contributed by atoms with E-state index in [0.29, 0.717) is 29.4 Å². The largest absolute Gasteiger partial charge is 0.496 e. The number of carbonyl (C=O) groups excluding carboxylic acids is 2. The first-order chi connectivity index (χ1) is 13.0. The van der Waals surface area contributed by atoms with Gasteiger partial charge in [-0.15, -0.1) is 0 Å². The van der Waals surface area contributed by atoms with Gasteiger partial charge in [-0.3, -0.25) is 9.59 Å². The van der Waals surface area contributed by atoms with E-state index in [1.165, 1.54) is 6.92 Å². The Bertz CT molecular complexity index is 845. The maximum Gasteiger partial charge on any atom is 0.227 e. The lowest BCUT2D eigenvalue weighted by Gasteiger charge is -2.36. The lowest BCUT2D eigenvalue weighted by atomic mass is 10.0. The van der Waals surface area contributed by atoms with Crippen LogP contribution in [-0.2, 0) is 11.2 Å². The quantitative estimate of drug-likeness (QED) is 0.738. The number of hydrogen-bond acceptors (Lipinski definition) is 4. The summed E-state index contributed by atoms with van der Waals surface area (Å²) in [5.74, 6) is 0.646. The fourth-order valence-corrected chi connectivity index (χ4v) is 3.48. The van der Waals surface area contributed by atoms with Gasteiger partial charge in [-0.05, 0) is 43.3 Å². The summed E-state index contributed by atoms with van der Waals surface area (Å²) in [5.41, 5.74) is 2.40. The zero-order valence-electron chi connectivity index (χ0n) is 15.6. The second kappa shape index (κ2) is 8.44. The molecule has 0 spiro atoms. The lowest BCUT2D eigenvalue weighted by molar-refractivity contribution is -0.130. The van der Waals surface area contributed by atoms with Crippen LogP contribution in [0.3, 0.4) is 0 Å². The number of carbonyl (C=O) groups is 2. The maximum absolute atomic E-state index is 12.8. The van der Waals surface area contributed by atoms with Gasteiger partial charge in [0.1, 0.15) is 5.75 Å². The number of nitrogens with zero attached hydrogens (tertiary/aromatic N) is 2. The summed E-state index contributed by atoms with van der Waals surface area (Å²) in [6, 6.07) is 13.0. The molecule has 0 aromatic heterocycles. The van der Waals surface area contributed by atoms with E-state index in [9.17, 15) is 9.59 Å². The van der Waals surface area contributed by atoms with Crippen molar-refractivity contribution in [3.8, 4) is 5.75 Å². The summed E-state index contributed by atoms with van der Waals surface area (Å²) in [5, 5.41) is 0.712. The molecule has 1 aliphatic heterocycles. The molecule has 5 nitrogen and oxygen atoms in total. The minimum Gasteiger partial charge on any atom is -0.496 e. The van der Waals surface area contributed by atoms with Gasteiger partial charge in [0, 0.05) is 48.0 Å². The van der Waals surface area contributed by atoms with E-state index in [1.807, 2.05) is 29.2 Å². The van der Waals surface area contributed by atoms with Crippen LogP contribution in [0.2, 0.25) is 5.02 Å². The molecule has 0 unspecified atom stereocenters. The highest BCUT2D eigenvalue weighted by Gasteiger charge is 2.22. The standard InChI is InChI=1S/C21H23ClN2O3/c1-15(25)16-6-7-20(27-2)17(12-16)13-21(26)24-10-8-23(9-11-24)19-5-3-4-18(22)14-19/h3-7,12,14H,8-11,13H2,1-2H3. The molecule has 0 saturated carbocycles. The van der Waals surface area contributed by atoms with E-state index in [1.54, 1.807) is 25.3 Å². The summed E-state index contributed by atoms with van der Waals surface area (Å²) in [7, 11) is 1.57. The normalized spacial score (nSPS) is 14.2. The molecule has 6 heteroatoms. The number of rotatable bonds is 5. The van der Waals surface area contributed by atoms with Crippen LogP contribution in [0.5, 0.6) is 5.75 Å². The Balaban J connectivity index is 1.65. The zero-order valence-corrected chi connectivity index (χ0v) is 16.3. The van der Waals surface area contributed by atoms with Crippen LogP contribution in [0.15, 0.2) is 42.5 Å². The minimum atomic E-state index is -0.0264. The molecule has 0 aliphatic carbocycles. The second-order valence-corrected chi connectivity index (χ2v) is 7.04. The molecule has 1 amide bonds. The van der Waals surface area contributed by atoms with Crippen LogP contribution >= 0.6 is 11.6 Å². The molecule has 0 bridgehead atoms. The van der Waals surface area contributed by atoms with Gasteiger partial charge in [-0.1, -0.05) is 17.7 Å². The van der Waals surface area contributed by atoms with Crippen molar-refractivity contribution in [2.24, 2.45) is 0 Å². The van der Waals surface area contributed by atoms with Gasteiger partial charge in [0.2, 0.25) is 5.91 Å². The van der Waals surface area contributed by atoms with Crippen molar-refractivity contribution < 1.29 is 14.3 Å². The van der Waals surface area contributed by atoms with Crippen molar-refractivity contribution in [1.29, 1.82) is 0 Å². The van der Waals surface area contributed by atoms with Crippen LogP contribution in [0.25, 0.3) is 0 Å². The van der Waals surface area contributed by atoms with E-state index in [-0.39, 0.29) is 18.1 Å². The second-order valence-electron chi connectivity index (χ2n) is 6.61. The van der Waals surface area contributed by atoms with Crippen LogP contribution in [0, 0.1) is 0 Å². The average Bonchev–Trinajstić information content (AvgIpc) is 2.68. The number of halogens is 1. The number of Topliss-reactive ketones (excluding diaryl/α,β-unsaturated/α-hetero) is 1. The predicted molar refractivity (Wildman–Crippen MR) is 107 cm³/mol. The molecule has 1 saturated heterocycles. The number of piperazine rings is 1. The van der Waals surface area contributed by atoms with Gasteiger partial charge in [-0.25, -0.2) is 0 Å². The van der Waals surface area contributed by atoms with Gasteiger partial charge in [0.15, 0.2) is 5.78 Å². The van der Waals surface area contributed by atoms with Crippen LogP contribution in [0.1, 0.15) is 22.8 Å². The van der Waals surface area contributed by atoms with Crippen LogP contribution in [-0.4, -0.2) is 49.9 Å². The Hall–Kier alpha value is -2.53. The Morgan fingerprint density at radius 3 is 2.44 bits per heavy atom. The first-order valence-corrected chi connectivity index (χ1v) is 9.32. The van der Waals surface area contributed by atoms with Gasteiger partial charge < -0.3 is 14.5 Å². The number of ketones is 1. The molecule has 1 fully saturated rings. The first-order valence-electron chi connectivity index (χ1n) is 8.94. The molecular weight excluding hydrogens is 364 g/mol. The van der Waals surface area contributed by atoms with E-state index in [4.69, 9.17) is 16.3 Å². The van der Waals surface area contributed by atoms with Crippen molar-refractivity contribution in [3.63, 3.8) is 0 Å². The monoisotopic (exact) mass is 386 g/mol. The molecule has 27 heavy (non-hydrogen) atoms. The number of hydrogen-bond donors (Lipinski definition) is 0. The highest BCUT2D eigenvalue weighted by Crippen LogP contribution is 2.23. The molecule has 1 aliphatic rings. The molecule has 2 aromatic rings. The van der Waals surface area contributed by atoms with Crippen molar-refractivity contribution >= 4 is 29.0 Å². The Labute approximate surface area is 164 Å². The molecular formula is C21H23ClN2O3. The first kappa shape index (κ1) is 19.2. The van der Waals surface area contributed by atoms with E-state index >= 15 is 0 Å². The highest BCUT2D eigenvalue weighted by molar-refractivity contribution is 6.30. The summed E-state index contributed by atoms with van der Waals surface area (Å²) < 4.78 is 5.35. The number of ether oxygens (including phenoxy) is 1. The van der Waals surface area contributed by atoms with Crippen molar-refractivity contribution in [2.45, 2.75) is 13.3 Å². The van der Waals surface area contributed by atoms with E-state index in [2.05, 4.69) is 4.90 Å². The molecule has 1 heterocycles. The van der Waals surface area contributed by atoms with Crippen molar-refractivity contribution in [3.05, 3.63) is 58.6 Å². The zero-order chi connectivity index (χ0) is 19.4.